The summed E-state index contributed by atoms with van der Waals surface area (Å²) in [4.78, 5) is 15.5. The lowest BCUT2D eigenvalue weighted by Gasteiger charge is -2.13. The molecule has 0 aliphatic carbocycles. The molecule has 3 rings (SSSR count). The zero-order valence-electron chi connectivity index (χ0n) is 17.3. The van der Waals surface area contributed by atoms with Crippen molar-refractivity contribution < 1.29 is 37.3 Å². The Balaban J connectivity index is 1.57. The molecule has 0 aliphatic rings. The molecule has 0 fully saturated rings. The molecule has 0 saturated carbocycles. The molecule has 2 aromatic carbocycles. The number of alkyl halides is 3. The van der Waals surface area contributed by atoms with Crippen LogP contribution in [-0.4, -0.2) is 35.6 Å². The molecule has 0 atom stereocenters. The molecule has 1 heterocycles. The van der Waals surface area contributed by atoms with Gasteiger partial charge < -0.3 is 19.3 Å². The standard InChI is InChI=1S/C23H16ClF3N2O5/c24-18-12-16(34-23(25,26)27)5-7-20(18)33-10-2-9-32-19-6-4-14(11-15(19)13-28)21-17(22(30)31)3-1-8-29-21/h1,3-8,11-12H,2,9-10H2,(H,30,31). The molecule has 3 aromatic rings. The Labute approximate surface area is 196 Å². The number of hydrogen-bond donors (Lipinski definition) is 1. The summed E-state index contributed by atoms with van der Waals surface area (Å²) in [6.07, 6.45) is -2.98. The molecule has 0 radical (unpaired) electrons. The van der Waals surface area contributed by atoms with Crippen molar-refractivity contribution in [2.75, 3.05) is 13.2 Å². The van der Waals surface area contributed by atoms with Crippen LogP contribution in [0.25, 0.3) is 11.3 Å². The van der Waals surface area contributed by atoms with Crippen LogP contribution in [-0.2, 0) is 0 Å². The Morgan fingerprint density at radius 1 is 1.09 bits per heavy atom. The lowest BCUT2D eigenvalue weighted by molar-refractivity contribution is -0.274. The average Bonchev–Trinajstić information content (AvgIpc) is 2.79. The van der Waals surface area contributed by atoms with Crippen molar-refractivity contribution in [3.63, 3.8) is 0 Å². The Kier molecular flexibility index (Phi) is 7.81. The van der Waals surface area contributed by atoms with Gasteiger partial charge in [-0.15, -0.1) is 13.2 Å². The molecule has 1 aromatic heterocycles. The lowest BCUT2D eigenvalue weighted by Crippen LogP contribution is -2.17. The van der Waals surface area contributed by atoms with Gasteiger partial charge in [-0.2, -0.15) is 5.26 Å². The Morgan fingerprint density at radius 3 is 2.44 bits per heavy atom. The number of aromatic carboxylic acids is 1. The molecular formula is C23H16ClF3N2O5. The highest BCUT2D eigenvalue weighted by Crippen LogP contribution is 2.32. The highest BCUT2D eigenvalue weighted by Gasteiger charge is 2.31. The predicted molar refractivity (Wildman–Crippen MR) is 115 cm³/mol. The fourth-order valence-electron chi connectivity index (χ4n) is 2.92. The van der Waals surface area contributed by atoms with Crippen LogP contribution >= 0.6 is 11.6 Å². The summed E-state index contributed by atoms with van der Waals surface area (Å²) in [6, 6.07) is 12.9. The predicted octanol–water partition coefficient (Wildman–Crippen LogP) is 5.72. The van der Waals surface area contributed by atoms with E-state index < -0.39 is 18.1 Å². The maximum absolute atomic E-state index is 12.3. The third-order valence-electron chi connectivity index (χ3n) is 4.35. The molecule has 11 heteroatoms. The first-order valence-corrected chi connectivity index (χ1v) is 10.1. The van der Waals surface area contributed by atoms with E-state index in [1.54, 1.807) is 12.1 Å². The minimum Gasteiger partial charge on any atom is -0.492 e. The van der Waals surface area contributed by atoms with Gasteiger partial charge >= 0.3 is 12.3 Å². The number of nitriles is 1. The van der Waals surface area contributed by atoms with Crippen molar-refractivity contribution in [3.8, 4) is 34.6 Å². The molecule has 0 unspecified atom stereocenters. The van der Waals surface area contributed by atoms with E-state index in [0.29, 0.717) is 17.7 Å². The van der Waals surface area contributed by atoms with Crippen LogP contribution in [0.2, 0.25) is 5.02 Å². The quantitative estimate of drug-likeness (QED) is 0.381. The zero-order chi connectivity index (χ0) is 24.7. The fraction of sp³-hybridized carbons (Fsp3) is 0.174. The fourth-order valence-corrected chi connectivity index (χ4v) is 3.14. The molecule has 0 saturated heterocycles. The second-order valence-electron chi connectivity index (χ2n) is 6.72. The van der Waals surface area contributed by atoms with Gasteiger partial charge in [-0.1, -0.05) is 11.6 Å². The topological polar surface area (TPSA) is 102 Å². The van der Waals surface area contributed by atoms with E-state index in [1.807, 2.05) is 6.07 Å². The lowest BCUT2D eigenvalue weighted by atomic mass is 10.0. The Hall–Kier alpha value is -3.97. The molecule has 34 heavy (non-hydrogen) atoms. The van der Waals surface area contributed by atoms with Crippen LogP contribution in [0, 0.1) is 11.3 Å². The van der Waals surface area contributed by atoms with Gasteiger partial charge in [0.25, 0.3) is 0 Å². The normalized spacial score (nSPS) is 10.9. The molecule has 1 N–H and O–H groups in total. The number of rotatable bonds is 9. The second kappa shape index (κ2) is 10.8. The van der Waals surface area contributed by atoms with Gasteiger partial charge in [0.15, 0.2) is 0 Å². The van der Waals surface area contributed by atoms with Crippen LogP contribution in [0.15, 0.2) is 54.7 Å². The van der Waals surface area contributed by atoms with Crippen LogP contribution in [0.5, 0.6) is 17.2 Å². The van der Waals surface area contributed by atoms with E-state index in [0.717, 1.165) is 12.1 Å². The van der Waals surface area contributed by atoms with E-state index in [9.17, 15) is 28.3 Å². The van der Waals surface area contributed by atoms with Crippen LogP contribution < -0.4 is 14.2 Å². The van der Waals surface area contributed by atoms with Crippen molar-refractivity contribution in [1.82, 2.24) is 4.98 Å². The maximum atomic E-state index is 12.3. The van der Waals surface area contributed by atoms with Gasteiger partial charge in [-0.3, -0.25) is 4.98 Å². The van der Waals surface area contributed by atoms with E-state index in [4.69, 9.17) is 21.1 Å². The highest BCUT2D eigenvalue weighted by atomic mass is 35.5. The minimum atomic E-state index is -4.82. The van der Waals surface area contributed by atoms with Crippen molar-refractivity contribution >= 4 is 17.6 Å². The monoisotopic (exact) mass is 492 g/mol. The first-order valence-electron chi connectivity index (χ1n) is 9.71. The molecule has 0 amide bonds. The van der Waals surface area contributed by atoms with Crippen LogP contribution in [0.3, 0.4) is 0 Å². The van der Waals surface area contributed by atoms with Crippen molar-refractivity contribution in [2.45, 2.75) is 12.8 Å². The minimum absolute atomic E-state index is 0.00821. The van der Waals surface area contributed by atoms with Crippen LogP contribution in [0.1, 0.15) is 22.3 Å². The smallest absolute Gasteiger partial charge is 0.492 e. The van der Waals surface area contributed by atoms with Crippen molar-refractivity contribution in [1.29, 1.82) is 5.26 Å². The maximum Gasteiger partial charge on any atom is 0.573 e. The Morgan fingerprint density at radius 2 is 1.79 bits per heavy atom. The Bertz CT molecular complexity index is 1230. The van der Waals surface area contributed by atoms with Gasteiger partial charge in [0.1, 0.15) is 23.3 Å². The SMILES string of the molecule is N#Cc1cc(-c2ncccc2C(=O)O)ccc1OCCCOc1ccc(OC(F)(F)F)cc1Cl. The third-order valence-corrected chi connectivity index (χ3v) is 4.65. The zero-order valence-corrected chi connectivity index (χ0v) is 18.1. The average molecular weight is 493 g/mol. The number of halogens is 4. The molecule has 7 nitrogen and oxygen atoms in total. The van der Waals surface area contributed by atoms with Gasteiger partial charge in [-0.05, 0) is 42.5 Å². The summed E-state index contributed by atoms with van der Waals surface area (Å²) in [6.45, 7) is 0.319. The molecule has 0 bridgehead atoms. The number of aromatic nitrogens is 1. The molecule has 176 valence electrons. The highest BCUT2D eigenvalue weighted by molar-refractivity contribution is 6.32. The number of benzene rings is 2. The van der Waals surface area contributed by atoms with Gasteiger partial charge in [0, 0.05) is 24.2 Å². The van der Waals surface area contributed by atoms with E-state index in [1.165, 1.54) is 30.5 Å². The number of carboxylic acids is 1. The number of hydrogen-bond acceptors (Lipinski definition) is 6. The summed E-state index contributed by atoms with van der Waals surface area (Å²) in [5.74, 6) is -1.11. The summed E-state index contributed by atoms with van der Waals surface area (Å²) in [5, 5.41) is 18.7. The van der Waals surface area contributed by atoms with Crippen molar-refractivity contribution in [2.24, 2.45) is 0 Å². The number of carbonyl (C=O) groups is 1. The number of pyridine rings is 1. The van der Waals surface area contributed by atoms with Gasteiger partial charge in [0.2, 0.25) is 0 Å². The van der Waals surface area contributed by atoms with Gasteiger partial charge in [0.05, 0.1) is 35.1 Å². The van der Waals surface area contributed by atoms with E-state index in [2.05, 4.69) is 9.72 Å². The first kappa shape index (κ1) is 24.7. The number of nitrogens with zero attached hydrogens (tertiary/aromatic N) is 2. The summed E-state index contributed by atoms with van der Waals surface area (Å²) < 4.78 is 51.6. The number of carboxylic acid groups (broad SMARTS) is 1. The summed E-state index contributed by atoms with van der Waals surface area (Å²) >= 11 is 5.92. The largest absolute Gasteiger partial charge is 0.573 e. The molecular weight excluding hydrogens is 477 g/mol. The van der Waals surface area contributed by atoms with Gasteiger partial charge in [-0.25, -0.2) is 4.79 Å². The second-order valence-corrected chi connectivity index (χ2v) is 7.13. The van der Waals surface area contributed by atoms with E-state index in [-0.39, 0.29) is 40.8 Å². The number of ether oxygens (including phenoxy) is 3. The summed E-state index contributed by atoms with van der Waals surface area (Å²) in [5.41, 5.74) is 0.894. The third kappa shape index (κ3) is 6.52. The summed E-state index contributed by atoms with van der Waals surface area (Å²) in [7, 11) is 0. The first-order chi connectivity index (χ1) is 16.2. The van der Waals surface area contributed by atoms with Crippen molar-refractivity contribution in [3.05, 3.63) is 70.9 Å². The molecule has 0 spiro atoms. The van der Waals surface area contributed by atoms with Crippen LogP contribution in [0.4, 0.5) is 13.2 Å². The molecule has 0 aliphatic heterocycles. The van der Waals surface area contributed by atoms with E-state index >= 15 is 0 Å².